The number of aromatic hydroxyl groups is 1. The minimum atomic E-state index is -0.692. The maximum Gasteiger partial charge on any atom is 0.257 e. The molecule has 3 aromatic rings. The van der Waals surface area contributed by atoms with E-state index in [1.807, 2.05) is 24.4 Å². The summed E-state index contributed by atoms with van der Waals surface area (Å²) < 4.78 is 0. The molecule has 29 heavy (non-hydrogen) atoms. The fourth-order valence-electron chi connectivity index (χ4n) is 2.88. The number of para-hydroxylation sites is 1. The van der Waals surface area contributed by atoms with E-state index in [0.717, 1.165) is 10.5 Å². The van der Waals surface area contributed by atoms with Crippen molar-refractivity contribution in [1.29, 1.82) is 0 Å². The van der Waals surface area contributed by atoms with Crippen molar-refractivity contribution in [1.82, 2.24) is 4.90 Å². The average Bonchev–Trinajstić information content (AvgIpc) is 3.21. The Morgan fingerprint density at radius 2 is 1.83 bits per heavy atom. The molecular formula is C21H21N3O4S. The van der Waals surface area contributed by atoms with E-state index < -0.39 is 10.9 Å². The fraction of sp³-hybridized carbons (Fsp3) is 0.190. The van der Waals surface area contributed by atoms with Crippen LogP contribution in [0.3, 0.4) is 0 Å². The number of hydrogen-bond donors (Lipinski definition) is 3. The van der Waals surface area contributed by atoms with E-state index in [9.17, 15) is 19.5 Å². The normalized spacial score (nSPS) is 11.8. The van der Waals surface area contributed by atoms with E-state index in [2.05, 4.69) is 17.2 Å². The Morgan fingerprint density at radius 3 is 2.41 bits per heavy atom. The second-order valence-corrected chi connectivity index (χ2v) is 7.85. The third-order valence-electron chi connectivity index (χ3n) is 4.45. The number of carbonyl (C=O) groups is 1. The standard InChI is InChI=1S/C21H21N3O4S/c1-11(2)15(14-9-6-10-29-14)23-17-16(19(26)20(17)27)22-13-8-5-7-12(18(13)25)21(28)24(3)4/h5-10,15,22-23,25H,1H2,2-4H3. The topological polar surface area (TPSA) is 98.7 Å². The predicted molar refractivity (Wildman–Crippen MR) is 116 cm³/mol. The molecule has 0 spiro atoms. The van der Waals surface area contributed by atoms with Crippen molar-refractivity contribution in [2.45, 2.75) is 13.0 Å². The van der Waals surface area contributed by atoms with Crippen LogP contribution < -0.4 is 21.5 Å². The van der Waals surface area contributed by atoms with Crippen LogP contribution in [-0.4, -0.2) is 30.0 Å². The van der Waals surface area contributed by atoms with E-state index in [0.29, 0.717) is 0 Å². The second-order valence-electron chi connectivity index (χ2n) is 6.87. The van der Waals surface area contributed by atoms with Gasteiger partial charge in [-0.1, -0.05) is 24.3 Å². The van der Waals surface area contributed by atoms with Crippen molar-refractivity contribution in [2.75, 3.05) is 24.7 Å². The Bertz CT molecular complexity index is 1140. The van der Waals surface area contributed by atoms with E-state index in [-0.39, 0.29) is 40.3 Å². The third-order valence-corrected chi connectivity index (χ3v) is 5.39. The summed E-state index contributed by atoms with van der Waals surface area (Å²) in [5.74, 6) is -0.672. The number of carbonyl (C=O) groups excluding carboxylic acids is 1. The highest BCUT2D eigenvalue weighted by Crippen LogP contribution is 2.34. The Morgan fingerprint density at radius 1 is 1.14 bits per heavy atom. The molecule has 2 aromatic carbocycles. The van der Waals surface area contributed by atoms with Crippen LogP contribution in [0.5, 0.6) is 5.75 Å². The number of anilines is 3. The number of phenolic OH excluding ortho intramolecular Hbond substituents is 1. The van der Waals surface area contributed by atoms with Crippen LogP contribution in [0.4, 0.5) is 17.1 Å². The van der Waals surface area contributed by atoms with Crippen molar-refractivity contribution in [3.63, 3.8) is 0 Å². The number of nitrogens with one attached hydrogen (secondary N) is 2. The van der Waals surface area contributed by atoms with Crippen molar-refractivity contribution in [3.05, 3.63) is 78.8 Å². The summed E-state index contributed by atoms with van der Waals surface area (Å²) in [6.07, 6.45) is 0. The quantitative estimate of drug-likeness (QED) is 0.314. The van der Waals surface area contributed by atoms with Gasteiger partial charge < -0.3 is 20.6 Å². The highest BCUT2D eigenvalue weighted by Gasteiger charge is 2.26. The van der Waals surface area contributed by atoms with Gasteiger partial charge in [0, 0.05) is 19.0 Å². The van der Waals surface area contributed by atoms with Crippen LogP contribution in [0.25, 0.3) is 0 Å². The molecule has 0 aliphatic heterocycles. The van der Waals surface area contributed by atoms with Gasteiger partial charge >= 0.3 is 0 Å². The number of hydrogen-bond acceptors (Lipinski definition) is 7. The summed E-state index contributed by atoms with van der Waals surface area (Å²) in [5.41, 5.74) is -0.128. The molecule has 8 heteroatoms. The molecule has 0 aliphatic rings. The van der Waals surface area contributed by atoms with Gasteiger partial charge in [-0.3, -0.25) is 14.4 Å². The minimum Gasteiger partial charge on any atom is -0.505 e. The molecule has 3 N–H and O–H groups in total. The molecule has 0 bridgehead atoms. The lowest BCUT2D eigenvalue weighted by Gasteiger charge is -2.22. The first-order valence-electron chi connectivity index (χ1n) is 8.81. The first kappa shape index (κ1) is 20.3. The summed E-state index contributed by atoms with van der Waals surface area (Å²) in [5, 5.41) is 18.3. The van der Waals surface area contributed by atoms with Gasteiger partial charge in [-0.25, -0.2) is 0 Å². The molecule has 1 aromatic heterocycles. The Kier molecular flexibility index (Phi) is 5.56. The second kappa shape index (κ2) is 7.92. The number of amides is 1. The van der Waals surface area contributed by atoms with Gasteiger partial charge in [-0.05, 0) is 30.5 Å². The zero-order chi connectivity index (χ0) is 21.3. The number of benzene rings is 1. The Labute approximate surface area is 171 Å². The average molecular weight is 411 g/mol. The van der Waals surface area contributed by atoms with Gasteiger partial charge in [0.2, 0.25) is 0 Å². The smallest absolute Gasteiger partial charge is 0.257 e. The highest BCUT2D eigenvalue weighted by atomic mass is 32.1. The number of phenols is 1. The van der Waals surface area contributed by atoms with E-state index in [1.165, 1.54) is 28.4 Å². The zero-order valence-corrected chi connectivity index (χ0v) is 17.1. The van der Waals surface area contributed by atoms with Gasteiger partial charge in [0.15, 0.2) is 5.75 Å². The van der Waals surface area contributed by atoms with E-state index >= 15 is 0 Å². The Hall–Kier alpha value is -3.39. The zero-order valence-electron chi connectivity index (χ0n) is 16.3. The van der Waals surface area contributed by atoms with E-state index in [1.54, 1.807) is 20.2 Å². The summed E-state index contributed by atoms with van der Waals surface area (Å²) in [7, 11) is 3.14. The summed E-state index contributed by atoms with van der Waals surface area (Å²) >= 11 is 1.51. The maximum absolute atomic E-state index is 12.2. The van der Waals surface area contributed by atoms with Crippen LogP contribution >= 0.6 is 11.3 Å². The molecule has 150 valence electrons. The van der Waals surface area contributed by atoms with Crippen molar-refractivity contribution in [2.24, 2.45) is 0 Å². The minimum absolute atomic E-state index is 0.0440. The molecule has 0 saturated carbocycles. The van der Waals surface area contributed by atoms with Gasteiger partial charge in [0.25, 0.3) is 16.8 Å². The molecule has 1 atom stereocenters. The monoisotopic (exact) mass is 411 g/mol. The molecule has 0 aliphatic carbocycles. The number of nitrogens with zero attached hydrogens (tertiary/aromatic N) is 1. The molecule has 3 rings (SSSR count). The maximum atomic E-state index is 12.2. The van der Waals surface area contributed by atoms with Crippen molar-refractivity contribution in [3.8, 4) is 5.75 Å². The van der Waals surface area contributed by atoms with Gasteiger partial charge in [-0.2, -0.15) is 0 Å². The van der Waals surface area contributed by atoms with E-state index in [4.69, 9.17) is 0 Å². The molecule has 0 radical (unpaired) electrons. The first-order valence-corrected chi connectivity index (χ1v) is 9.69. The number of rotatable bonds is 7. The van der Waals surface area contributed by atoms with Crippen molar-refractivity contribution < 1.29 is 9.90 Å². The molecule has 7 nitrogen and oxygen atoms in total. The number of thiophene rings is 1. The van der Waals surface area contributed by atoms with Gasteiger partial charge in [0.05, 0.1) is 17.3 Å². The lowest BCUT2D eigenvalue weighted by molar-refractivity contribution is 0.0824. The molecule has 0 fully saturated rings. The fourth-order valence-corrected chi connectivity index (χ4v) is 3.75. The molecular weight excluding hydrogens is 390 g/mol. The Balaban J connectivity index is 1.93. The lowest BCUT2D eigenvalue weighted by Crippen LogP contribution is -2.37. The van der Waals surface area contributed by atoms with Crippen LogP contribution in [0, 0.1) is 0 Å². The molecule has 1 amide bonds. The van der Waals surface area contributed by atoms with Crippen LogP contribution in [0.15, 0.2) is 57.5 Å². The van der Waals surface area contributed by atoms with Crippen LogP contribution in [-0.2, 0) is 0 Å². The third kappa shape index (κ3) is 3.79. The van der Waals surface area contributed by atoms with Gasteiger partial charge in [0.1, 0.15) is 11.4 Å². The predicted octanol–water partition coefficient (Wildman–Crippen LogP) is 3.22. The summed E-state index contributed by atoms with van der Waals surface area (Å²) in [4.78, 5) is 38.8. The molecule has 1 unspecified atom stereocenters. The molecule has 1 heterocycles. The van der Waals surface area contributed by atoms with Gasteiger partial charge in [-0.15, -0.1) is 11.3 Å². The van der Waals surface area contributed by atoms with Crippen LogP contribution in [0.1, 0.15) is 28.2 Å². The molecule has 0 saturated heterocycles. The summed E-state index contributed by atoms with van der Waals surface area (Å²) in [6, 6.07) is 8.08. The lowest BCUT2D eigenvalue weighted by atomic mass is 10.1. The highest BCUT2D eigenvalue weighted by molar-refractivity contribution is 7.10. The first-order chi connectivity index (χ1) is 13.7. The SMILES string of the molecule is C=C(C)C(Nc1c(Nc2cccc(C(=O)N(C)C)c2O)c(=O)c1=O)c1cccs1. The largest absolute Gasteiger partial charge is 0.505 e. The van der Waals surface area contributed by atoms with Crippen LogP contribution in [0.2, 0.25) is 0 Å². The van der Waals surface area contributed by atoms with Crippen molar-refractivity contribution >= 4 is 34.3 Å². The summed E-state index contributed by atoms with van der Waals surface area (Å²) in [6.45, 7) is 5.79.